The van der Waals surface area contributed by atoms with Gasteiger partial charge in [-0.2, -0.15) is 0 Å². The van der Waals surface area contributed by atoms with Crippen LogP contribution in [0.4, 0.5) is 0 Å². The molecule has 2 N–H and O–H groups in total. The molecule has 0 aromatic heterocycles. The molecule has 6 nitrogen and oxygen atoms in total. The fourth-order valence-electron chi connectivity index (χ4n) is 1.87. The molecule has 0 spiro atoms. The minimum absolute atomic E-state index is 0.165. The molecule has 2 rings (SSSR count). The van der Waals surface area contributed by atoms with Gasteiger partial charge in [-0.25, -0.2) is 0 Å². The largest absolute Gasteiger partial charge is 0.348 e. The van der Waals surface area contributed by atoms with Crippen LogP contribution in [0.5, 0.6) is 0 Å². The number of ether oxygens (including phenoxy) is 3. The average Bonchev–Trinajstić information content (AvgIpc) is 2.52. The highest BCUT2D eigenvalue weighted by molar-refractivity contribution is 7.55. The van der Waals surface area contributed by atoms with Gasteiger partial charge in [-0.1, -0.05) is 0 Å². The molecule has 0 aliphatic carbocycles. The zero-order chi connectivity index (χ0) is 12.0. The third kappa shape index (κ3) is 2.91. The molecular weight excluding hydrogens is 235 g/mol. The fraction of sp³-hybridized carbons (Fsp3) is 0.778. The Morgan fingerprint density at radius 2 is 2.06 bits per heavy atom. The highest BCUT2D eigenvalue weighted by Gasteiger charge is 2.47. The molecule has 2 aliphatic heterocycles. The molecule has 0 aromatic carbocycles. The third-order valence-electron chi connectivity index (χ3n) is 2.41. The van der Waals surface area contributed by atoms with Crippen molar-refractivity contribution in [2.45, 2.75) is 44.6 Å². The second-order valence-electron chi connectivity index (χ2n) is 4.38. The number of hydrogen-bond donors (Lipinski definition) is 2. The van der Waals surface area contributed by atoms with E-state index in [9.17, 15) is 4.57 Å². The first kappa shape index (κ1) is 12.2. The summed E-state index contributed by atoms with van der Waals surface area (Å²) in [6, 6.07) is 0. The lowest BCUT2D eigenvalue weighted by Crippen LogP contribution is -2.24. The van der Waals surface area contributed by atoms with Crippen LogP contribution < -0.4 is 0 Å². The highest BCUT2D eigenvalue weighted by atomic mass is 31.2. The molecule has 3 atom stereocenters. The van der Waals surface area contributed by atoms with Gasteiger partial charge in [-0.05, 0) is 19.9 Å². The van der Waals surface area contributed by atoms with Crippen LogP contribution in [0.15, 0.2) is 11.9 Å². The van der Waals surface area contributed by atoms with E-state index in [2.05, 4.69) is 0 Å². The maximum atomic E-state index is 10.6. The molecule has 2 aliphatic rings. The van der Waals surface area contributed by atoms with Gasteiger partial charge in [0.25, 0.3) is 0 Å². The SMILES string of the molecule is CC1(C)OC2O[C@H](/C=C/P(=O)(O)O)C[C@H]2O1. The van der Waals surface area contributed by atoms with Crippen molar-refractivity contribution in [2.24, 2.45) is 0 Å². The molecule has 16 heavy (non-hydrogen) atoms. The van der Waals surface area contributed by atoms with E-state index in [1.807, 2.05) is 0 Å². The zero-order valence-electron chi connectivity index (χ0n) is 9.07. The normalized spacial score (nSPS) is 38.1. The van der Waals surface area contributed by atoms with E-state index >= 15 is 0 Å². The smallest absolute Gasteiger partial charge is 0.342 e. The van der Waals surface area contributed by atoms with Gasteiger partial charge in [0.15, 0.2) is 12.1 Å². The van der Waals surface area contributed by atoms with Crippen LogP contribution in [0.3, 0.4) is 0 Å². The predicted octanol–water partition coefficient (Wildman–Crippen LogP) is 0.944. The Hall–Kier alpha value is -0.230. The lowest BCUT2D eigenvalue weighted by molar-refractivity contribution is -0.200. The van der Waals surface area contributed by atoms with Crippen molar-refractivity contribution in [3.63, 3.8) is 0 Å². The zero-order valence-corrected chi connectivity index (χ0v) is 9.96. The van der Waals surface area contributed by atoms with Crippen LogP contribution >= 0.6 is 7.60 Å². The van der Waals surface area contributed by atoms with Gasteiger partial charge in [0.2, 0.25) is 0 Å². The van der Waals surface area contributed by atoms with Crippen molar-refractivity contribution in [3.05, 3.63) is 11.9 Å². The van der Waals surface area contributed by atoms with E-state index in [0.717, 1.165) is 5.82 Å². The van der Waals surface area contributed by atoms with Gasteiger partial charge in [-0.3, -0.25) is 4.57 Å². The topological polar surface area (TPSA) is 85.2 Å². The van der Waals surface area contributed by atoms with Crippen molar-refractivity contribution in [1.82, 2.24) is 0 Å². The minimum Gasteiger partial charge on any atom is -0.342 e. The molecule has 2 saturated heterocycles. The molecule has 2 heterocycles. The Morgan fingerprint density at radius 3 is 2.62 bits per heavy atom. The van der Waals surface area contributed by atoms with Gasteiger partial charge in [-0.15, -0.1) is 0 Å². The number of hydrogen-bond acceptors (Lipinski definition) is 4. The van der Waals surface area contributed by atoms with Crippen LogP contribution in [0, 0.1) is 0 Å². The molecule has 0 bridgehead atoms. The van der Waals surface area contributed by atoms with Crippen LogP contribution in [-0.4, -0.2) is 34.1 Å². The summed E-state index contributed by atoms with van der Waals surface area (Å²) in [4.78, 5) is 17.3. The fourth-order valence-corrected chi connectivity index (χ4v) is 2.28. The number of fused-ring (bicyclic) bond motifs is 1. The summed E-state index contributed by atoms with van der Waals surface area (Å²) in [5, 5.41) is 0. The van der Waals surface area contributed by atoms with E-state index in [0.29, 0.717) is 6.42 Å². The lowest BCUT2D eigenvalue weighted by Gasteiger charge is -2.19. The monoisotopic (exact) mass is 250 g/mol. The summed E-state index contributed by atoms with van der Waals surface area (Å²) in [5.41, 5.74) is 0. The lowest BCUT2D eigenvalue weighted by atomic mass is 10.2. The maximum Gasteiger partial charge on any atom is 0.348 e. The van der Waals surface area contributed by atoms with Crippen molar-refractivity contribution in [1.29, 1.82) is 0 Å². The molecule has 0 radical (unpaired) electrons. The molecule has 92 valence electrons. The van der Waals surface area contributed by atoms with E-state index in [-0.39, 0.29) is 12.2 Å². The first-order chi connectivity index (χ1) is 7.25. The summed E-state index contributed by atoms with van der Waals surface area (Å²) in [6.07, 6.45) is 0.935. The van der Waals surface area contributed by atoms with E-state index in [4.69, 9.17) is 24.0 Å². The van der Waals surface area contributed by atoms with Gasteiger partial charge in [0.05, 0.1) is 6.10 Å². The van der Waals surface area contributed by atoms with Gasteiger partial charge in [0, 0.05) is 12.2 Å². The maximum absolute atomic E-state index is 10.6. The van der Waals surface area contributed by atoms with Crippen molar-refractivity contribution >= 4 is 7.60 Å². The molecule has 0 amide bonds. The van der Waals surface area contributed by atoms with Crippen molar-refractivity contribution < 1.29 is 28.6 Å². The summed E-state index contributed by atoms with van der Waals surface area (Å²) in [5.74, 6) is 0.205. The van der Waals surface area contributed by atoms with Gasteiger partial charge < -0.3 is 24.0 Å². The van der Waals surface area contributed by atoms with Gasteiger partial charge >= 0.3 is 7.60 Å². The summed E-state index contributed by atoms with van der Waals surface area (Å²) in [7, 11) is -4.12. The van der Waals surface area contributed by atoms with Crippen LogP contribution in [0.2, 0.25) is 0 Å². The molecule has 7 heteroatoms. The average molecular weight is 250 g/mol. The van der Waals surface area contributed by atoms with E-state index in [1.165, 1.54) is 6.08 Å². The second kappa shape index (κ2) is 3.91. The first-order valence-corrected chi connectivity index (χ1v) is 6.69. The Kier molecular flexibility index (Phi) is 2.99. The Morgan fingerprint density at radius 1 is 1.38 bits per heavy atom. The third-order valence-corrected chi connectivity index (χ3v) is 2.97. The molecule has 2 fully saturated rings. The Labute approximate surface area is 93.3 Å². The second-order valence-corrected chi connectivity index (χ2v) is 5.86. The summed E-state index contributed by atoms with van der Waals surface area (Å²) in [6.45, 7) is 3.60. The van der Waals surface area contributed by atoms with Crippen LogP contribution in [-0.2, 0) is 18.8 Å². The number of rotatable bonds is 2. The summed E-state index contributed by atoms with van der Waals surface area (Å²) < 4.78 is 27.1. The standard InChI is InChI=1S/C9H15O6P/c1-9(2)14-7-5-6(13-8(7)15-9)3-4-16(10,11)12/h3-4,6-8H,5H2,1-2H3,(H2,10,11,12)/b4-3+/t6-,7-,8?/m1/s1. The van der Waals surface area contributed by atoms with Gasteiger partial charge in [0.1, 0.15) is 6.10 Å². The van der Waals surface area contributed by atoms with Crippen molar-refractivity contribution in [3.8, 4) is 0 Å². The Balaban J connectivity index is 1.93. The van der Waals surface area contributed by atoms with Crippen molar-refractivity contribution in [2.75, 3.05) is 0 Å². The summed E-state index contributed by atoms with van der Waals surface area (Å²) >= 11 is 0. The minimum atomic E-state index is -4.12. The highest BCUT2D eigenvalue weighted by Crippen LogP contribution is 2.40. The predicted molar refractivity (Wildman–Crippen MR) is 54.5 cm³/mol. The molecule has 1 unspecified atom stereocenters. The molecule has 0 aromatic rings. The van der Waals surface area contributed by atoms with Crippen LogP contribution in [0.25, 0.3) is 0 Å². The first-order valence-electron chi connectivity index (χ1n) is 5.01. The van der Waals surface area contributed by atoms with E-state index in [1.54, 1.807) is 13.8 Å². The quantitative estimate of drug-likeness (QED) is 0.709. The Bertz CT molecular complexity index is 330. The van der Waals surface area contributed by atoms with Crippen LogP contribution in [0.1, 0.15) is 20.3 Å². The molecule has 0 saturated carbocycles. The molecular formula is C9H15O6P. The van der Waals surface area contributed by atoms with E-state index < -0.39 is 19.7 Å².